The fourth-order valence-corrected chi connectivity index (χ4v) is 3.11. The van der Waals surface area contributed by atoms with Crippen LogP contribution < -0.4 is 0 Å². The van der Waals surface area contributed by atoms with Crippen LogP contribution in [0.2, 0.25) is 0 Å². The second kappa shape index (κ2) is 6.15. The molecule has 21 heavy (non-hydrogen) atoms. The van der Waals surface area contributed by atoms with Crippen molar-refractivity contribution in [3.63, 3.8) is 0 Å². The van der Waals surface area contributed by atoms with Crippen molar-refractivity contribution in [1.29, 1.82) is 5.26 Å². The highest BCUT2D eigenvalue weighted by Gasteiger charge is 2.42. The Kier molecular flexibility index (Phi) is 4.07. The van der Waals surface area contributed by atoms with Gasteiger partial charge < -0.3 is 9.47 Å². The molecule has 2 fully saturated rings. The molecule has 2 aliphatic heterocycles. The molecule has 2 unspecified atom stereocenters. The maximum absolute atomic E-state index is 12.3. The van der Waals surface area contributed by atoms with Gasteiger partial charge in [0.05, 0.1) is 37.3 Å². The molecule has 0 aromatic heterocycles. The monoisotopic (exact) mass is 286 g/mol. The van der Waals surface area contributed by atoms with Gasteiger partial charge in [-0.1, -0.05) is 30.3 Å². The minimum atomic E-state index is -0.298. The van der Waals surface area contributed by atoms with E-state index in [1.165, 1.54) is 0 Å². The molecule has 5 nitrogen and oxygen atoms in total. The number of nitriles is 1. The van der Waals surface area contributed by atoms with Gasteiger partial charge >= 0.3 is 6.09 Å². The third-order valence-electron chi connectivity index (χ3n) is 4.12. The SMILES string of the molecule is N#CC1CC2COCC(C1)N2C(=O)OCc1ccccc1. The Morgan fingerprint density at radius 2 is 1.95 bits per heavy atom. The molecular formula is C16H18N2O3. The normalized spacial score (nSPS) is 27.8. The summed E-state index contributed by atoms with van der Waals surface area (Å²) in [4.78, 5) is 14.1. The van der Waals surface area contributed by atoms with Crippen molar-refractivity contribution < 1.29 is 14.3 Å². The summed E-state index contributed by atoms with van der Waals surface area (Å²) >= 11 is 0. The summed E-state index contributed by atoms with van der Waals surface area (Å²) in [6, 6.07) is 11.9. The number of nitrogens with zero attached hydrogens (tertiary/aromatic N) is 2. The number of benzene rings is 1. The van der Waals surface area contributed by atoms with Crippen LogP contribution >= 0.6 is 0 Å². The highest BCUT2D eigenvalue weighted by molar-refractivity contribution is 5.69. The summed E-state index contributed by atoms with van der Waals surface area (Å²) in [6.45, 7) is 1.27. The van der Waals surface area contributed by atoms with Crippen LogP contribution in [0.3, 0.4) is 0 Å². The van der Waals surface area contributed by atoms with E-state index in [1.807, 2.05) is 30.3 Å². The molecule has 2 atom stereocenters. The molecule has 0 N–H and O–H groups in total. The van der Waals surface area contributed by atoms with Crippen LogP contribution in [0.5, 0.6) is 0 Å². The molecule has 0 radical (unpaired) electrons. The number of rotatable bonds is 2. The van der Waals surface area contributed by atoms with Gasteiger partial charge in [-0.3, -0.25) is 4.90 Å². The quantitative estimate of drug-likeness (QED) is 0.837. The largest absolute Gasteiger partial charge is 0.445 e. The number of hydrogen-bond donors (Lipinski definition) is 0. The smallest absolute Gasteiger partial charge is 0.410 e. The average molecular weight is 286 g/mol. The second-order valence-electron chi connectivity index (χ2n) is 5.59. The Hall–Kier alpha value is -2.06. The zero-order valence-corrected chi connectivity index (χ0v) is 11.8. The maximum atomic E-state index is 12.3. The predicted molar refractivity (Wildman–Crippen MR) is 75.2 cm³/mol. The minimum absolute atomic E-state index is 0.0158. The van der Waals surface area contributed by atoms with E-state index >= 15 is 0 Å². The van der Waals surface area contributed by atoms with Crippen LogP contribution in [-0.4, -0.2) is 36.3 Å². The van der Waals surface area contributed by atoms with Gasteiger partial charge in [-0.25, -0.2) is 4.79 Å². The number of carbonyl (C=O) groups is 1. The summed E-state index contributed by atoms with van der Waals surface area (Å²) in [6.07, 6.45) is 1.05. The molecule has 2 heterocycles. The molecule has 1 aromatic rings. The van der Waals surface area contributed by atoms with Gasteiger partial charge in [0.25, 0.3) is 0 Å². The lowest BCUT2D eigenvalue weighted by Gasteiger charge is -2.46. The molecule has 3 rings (SSSR count). The number of ether oxygens (including phenoxy) is 2. The Balaban J connectivity index is 1.63. The van der Waals surface area contributed by atoms with E-state index < -0.39 is 0 Å². The topological polar surface area (TPSA) is 62.6 Å². The highest BCUT2D eigenvalue weighted by atomic mass is 16.6. The highest BCUT2D eigenvalue weighted by Crippen LogP contribution is 2.31. The van der Waals surface area contributed by atoms with Crippen LogP contribution in [0, 0.1) is 17.2 Å². The number of hydrogen-bond acceptors (Lipinski definition) is 4. The zero-order valence-electron chi connectivity index (χ0n) is 11.8. The van der Waals surface area contributed by atoms with Gasteiger partial charge in [-0.2, -0.15) is 5.26 Å². The first-order valence-corrected chi connectivity index (χ1v) is 7.24. The number of amides is 1. The molecule has 1 amide bonds. The molecule has 0 saturated carbocycles. The molecule has 110 valence electrons. The number of piperidine rings is 1. The lowest BCUT2D eigenvalue weighted by Crippen LogP contribution is -2.59. The van der Waals surface area contributed by atoms with Gasteiger partial charge in [0, 0.05) is 0 Å². The van der Waals surface area contributed by atoms with Crippen molar-refractivity contribution in [3.8, 4) is 6.07 Å². The molecule has 1 aromatic carbocycles. The molecule has 2 aliphatic rings. The summed E-state index contributed by atoms with van der Waals surface area (Å²) in [5.41, 5.74) is 0.971. The fourth-order valence-electron chi connectivity index (χ4n) is 3.11. The number of fused-ring (bicyclic) bond motifs is 2. The third-order valence-corrected chi connectivity index (χ3v) is 4.12. The molecular weight excluding hydrogens is 268 g/mol. The van der Waals surface area contributed by atoms with Gasteiger partial charge in [0.2, 0.25) is 0 Å². The van der Waals surface area contributed by atoms with E-state index in [4.69, 9.17) is 14.7 Å². The predicted octanol–water partition coefficient (Wildman–Crippen LogP) is 2.33. The Morgan fingerprint density at radius 1 is 1.29 bits per heavy atom. The summed E-state index contributed by atoms with van der Waals surface area (Å²) < 4.78 is 10.9. The molecule has 5 heteroatoms. The zero-order chi connectivity index (χ0) is 14.7. The van der Waals surface area contributed by atoms with Crippen LogP contribution in [0.1, 0.15) is 18.4 Å². The number of morpholine rings is 1. The van der Waals surface area contributed by atoms with Crippen LogP contribution in [-0.2, 0) is 16.1 Å². The fraction of sp³-hybridized carbons (Fsp3) is 0.500. The van der Waals surface area contributed by atoms with E-state index in [-0.39, 0.29) is 30.7 Å². The molecule has 0 aliphatic carbocycles. The van der Waals surface area contributed by atoms with Crippen molar-refractivity contribution in [2.75, 3.05) is 13.2 Å². The van der Waals surface area contributed by atoms with Crippen LogP contribution in [0.15, 0.2) is 30.3 Å². The lowest BCUT2D eigenvalue weighted by atomic mass is 9.86. The van der Waals surface area contributed by atoms with Crippen molar-refractivity contribution in [3.05, 3.63) is 35.9 Å². The first kappa shape index (κ1) is 13.9. The van der Waals surface area contributed by atoms with Crippen LogP contribution in [0.4, 0.5) is 4.79 Å². The summed E-state index contributed by atoms with van der Waals surface area (Å²) in [7, 11) is 0. The van der Waals surface area contributed by atoms with Crippen molar-refractivity contribution in [2.24, 2.45) is 5.92 Å². The average Bonchev–Trinajstić information content (AvgIpc) is 2.52. The van der Waals surface area contributed by atoms with Crippen LogP contribution in [0.25, 0.3) is 0 Å². The van der Waals surface area contributed by atoms with E-state index in [1.54, 1.807) is 4.90 Å². The minimum Gasteiger partial charge on any atom is -0.445 e. The molecule has 2 saturated heterocycles. The first-order chi connectivity index (χ1) is 10.3. The second-order valence-corrected chi connectivity index (χ2v) is 5.59. The van der Waals surface area contributed by atoms with E-state index in [0.717, 1.165) is 5.56 Å². The standard InChI is InChI=1S/C16H18N2O3/c17-8-13-6-14-10-20-11-15(7-13)18(14)16(19)21-9-12-4-2-1-3-5-12/h1-5,13-15H,6-7,9-11H2. The Morgan fingerprint density at radius 3 is 2.57 bits per heavy atom. The van der Waals surface area contributed by atoms with Crippen molar-refractivity contribution in [1.82, 2.24) is 4.90 Å². The Labute approximate surface area is 124 Å². The van der Waals surface area contributed by atoms with Gasteiger partial charge in [-0.15, -0.1) is 0 Å². The van der Waals surface area contributed by atoms with Gasteiger partial charge in [-0.05, 0) is 18.4 Å². The van der Waals surface area contributed by atoms with E-state index in [0.29, 0.717) is 26.1 Å². The van der Waals surface area contributed by atoms with E-state index in [9.17, 15) is 4.79 Å². The Bertz CT molecular complexity index is 526. The summed E-state index contributed by atoms with van der Waals surface area (Å²) in [5, 5.41) is 9.10. The van der Waals surface area contributed by atoms with Crippen molar-refractivity contribution >= 4 is 6.09 Å². The first-order valence-electron chi connectivity index (χ1n) is 7.24. The maximum Gasteiger partial charge on any atom is 0.410 e. The molecule has 2 bridgehead atoms. The number of carbonyl (C=O) groups excluding carboxylic acids is 1. The van der Waals surface area contributed by atoms with Gasteiger partial charge in [0.1, 0.15) is 6.61 Å². The third kappa shape index (κ3) is 3.01. The molecule has 0 spiro atoms. The van der Waals surface area contributed by atoms with Crippen molar-refractivity contribution in [2.45, 2.75) is 31.5 Å². The summed E-state index contributed by atoms with van der Waals surface area (Å²) in [5.74, 6) is 0.0158. The lowest BCUT2D eigenvalue weighted by molar-refractivity contribution is -0.0738. The van der Waals surface area contributed by atoms with Gasteiger partial charge in [0.15, 0.2) is 0 Å². The van der Waals surface area contributed by atoms with E-state index in [2.05, 4.69) is 6.07 Å².